The van der Waals surface area contributed by atoms with Gasteiger partial charge in [-0.25, -0.2) is 0 Å². The molecular weight excluding hydrogens is 202 g/mol. The van der Waals surface area contributed by atoms with E-state index in [0.29, 0.717) is 6.04 Å². The van der Waals surface area contributed by atoms with Crippen LogP contribution in [-0.4, -0.2) is 32.7 Å². The average molecular weight is 221 g/mol. The second kappa shape index (κ2) is 4.74. The lowest BCUT2D eigenvalue weighted by molar-refractivity contribution is 0.304. The number of ether oxygens (including phenoxy) is 2. The molecule has 0 aliphatic carbocycles. The van der Waals surface area contributed by atoms with E-state index in [-0.39, 0.29) is 0 Å². The Kier molecular flexibility index (Phi) is 3.34. The fourth-order valence-corrected chi connectivity index (χ4v) is 2.40. The molecule has 3 heteroatoms. The Morgan fingerprint density at radius 1 is 1.25 bits per heavy atom. The Morgan fingerprint density at radius 2 is 2.06 bits per heavy atom. The third-order valence-corrected chi connectivity index (χ3v) is 3.32. The van der Waals surface area contributed by atoms with Crippen molar-refractivity contribution in [3.8, 4) is 11.5 Å². The van der Waals surface area contributed by atoms with Crippen molar-refractivity contribution in [3.05, 3.63) is 23.8 Å². The summed E-state index contributed by atoms with van der Waals surface area (Å²) in [6.07, 6.45) is 2.45. The fourth-order valence-electron chi connectivity index (χ4n) is 2.40. The molecule has 0 amide bonds. The van der Waals surface area contributed by atoms with Gasteiger partial charge in [-0.15, -0.1) is 0 Å². The number of hydrogen-bond acceptors (Lipinski definition) is 3. The molecule has 0 saturated carbocycles. The van der Waals surface area contributed by atoms with E-state index in [2.05, 4.69) is 18.0 Å². The monoisotopic (exact) mass is 221 g/mol. The van der Waals surface area contributed by atoms with Crippen molar-refractivity contribution >= 4 is 0 Å². The molecule has 16 heavy (non-hydrogen) atoms. The first kappa shape index (κ1) is 11.3. The Hall–Kier alpha value is -1.22. The summed E-state index contributed by atoms with van der Waals surface area (Å²) in [5, 5.41) is 0. The highest BCUT2D eigenvalue weighted by Gasteiger charge is 2.25. The summed E-state index contributed by atoms with van der Waals surface area (Å²) in [4.78, 5) is 2.37. The number of likely N-dealkylation sites (tertiary alicyclic amines) is 1. The highest BCUT2D eigenvalue weighted by atomic mass is 16.5. The van der Waals surface area contributed by atoms with Crippen LogP contribution < -0.4 is 9.47 Å². The zero-order chi connectivity index (χ0) is 11.5. The van der Waals surface area contributed by atoms with Crippen molar-refractivity contribution in [1.29, 1.82) is 0 Å². The molecule has 0 unspecified atom stereocenters. The lowest BCUT2D eigenvalue weighted by atomic mass is 10.0. The summed E-state index contributed by atoms with van der Waals surface area (Å²) in [5.41, 5.74) is 1.24. The van der Waals surface area contributed by atoms with Gasteiger partial charge in [-0.05, 0) is 44.6 Å². The van der Waals surface area contributed by atoms with E-state index in [9.17, 15) is 0 Å². The summed E-state index contributed by atoms with van der Waals surface area (Å²) in [7, 11) is 5.58. The van der Waals surface area contributed by atoms with Crippen LogP contribution in [0.5, 0.6) is 11.5 Å². The lowest BCUT2D eigenvalue weighted by Crippen LogP contribution is -2.18. The van der Waals surface area contributed by atoms with E-state index in [1.54, 1.807) is 14.2 Å². The molecule has 1 fully saturated rings. The molecule has 0 aromatic heterocycles. The standard InChI is InChI=1S/C13H19NO2/c1-14-8-4-5-12(14)11-9-10(15-2)6-7-13(11)16-3/h6-7,9,12H,4-5,8H2,1-3H3/t12-/m0/s1. The van der Waals surface area contributed by atoms with Gasteiger partial charge in [-0.2, -0.15) is 0 Å². The molecule has 1 aromatic rings. The van der Waals surface area contributed by atoms with E-state index in [1.807, 2.05) is 12.1 Å². The molecule has 1 saturated heterocycles. The summed E-state index contributed by atoms with van der Waals surface area (Å²) >= 11 is 0. The largest absolute Gasteiger partial charge is 0.497 e. The van der Waals surface area contributed by atoms with Crippen LogP contribution in [0, 0.1) is 0 Å². The topological polar surface area (TPSA) is 21.7 Å². The first-order chi connectivity index (χ1) is 7.76. The fraction of sp³-hybridized carbons (Fsp3) is 0.538. The van der Waals surface area contributed by atoms with E-state index < -0.39 is 0 Å². The highest BCUT2D eigenvalue weighted by molar-refractivity contribution is 5.42. The second-order valence-corrected chi connectivity index (χ2v) is 4.25. The average Bonchev–Trinajstić information content (AvgIpc) is 2.74. The smallest absolute Gasteiger partial charge is 0.123 e. The van der Waals surface area contributed by atoms with Crippen molar-refractivity contribution in [1.82, 2.24) is 4.90 Å². The van der Waals surface area contributed by atoms with E-state index in [4.69, 9.17) is 9.47 Å². The first-order valence-corrected chi connectivity index (χ1v) is 5.68. The predicted octanol–water partition coefficient (Wildman–Crippen LogP) is 2.47. The number of nitrogens with zero attached hydrogens (tertiary/aromatic N) is 1. The highest BCUT2D eigenvalue weighted by Crippen LogP contribution is 2.37. The normalized spacial score (nSPS) is 21.1. The molecule has 1 aromatic carbocycles. The van der Waals surface area contributed by atoms with Crippen LogP contribution in [0.15, 0.2) is 18.2 Å². The molecule has 0 bridgehead atoms. The van der Waals surface area contributed by atoms with Gasteiger partial charge in [0.05, 0.1) is 14.2 Å². The van der Waals surface area contributed by atoms with Crippen LogP contribution in [0.1, 0.15) is 24.4 Å². The Bertz CT molecular complexity index is 365. The number of rotatable bonds is 3. The van der Waals surface area contributed by atoms with Crippen molar-refractivity contribution in [2.45, 2.75) is 18.9 Å². The molecular formula is C13H19NO2. The quantitative estimate of drug-likeness (QED) is 0.782. The van der Waals surface area contributed by atoms with Crippen molar-refractivity contribution in [2.24, 2.45) is 0 Å². The predicted molar refractivity (Wildman–Crippen MR) is 64.2 cm³/mol. The minimum atomic E-state index is 0.463. The van der Waals surface area contributed by atoms with Crippen molar-refractivity contribution < 1.29 is 9.47 Å². The molecule has 1 atom stereocenters. The maximum Gasteiger partial charge on any atom is 0.123 e. The molecule has 0 radical (unpaired) electrons. The third-order valence-electron chi connectivity index (χ3n) is 3.32. The zero-order valence-electron chi connectivity index (χ0n) is 10.2. The van der Waals surface area contributed by atoms with E-state index >= 15 is 0 Å². The van der Waals surface area contributed by atoms with Gasteiger partial charge in [0.25, 0.3) is 0 Å². The van der Waals surface area contributed by atoms with Crippen LogP contribution in [0.2, 0.25) is 0 Å². The van der Waals surface area contributed by atoms with Gasteiger partial charge < -0.3 is 9.47 Å². The first-order valence-electron chi connectivity index (χ1n) is 5.68. The molecule has 1 aliphatic heterocycles. The van der Waals surface area contributed by atoms with Crippen molar-refractivity contribution in [3.63, 3.8) is 0 Å². The van der Waals surface area contributed by atoms with Gasteiger partial charge in [0.2, 0.25) is 0 Å². The third kappa shape index (κ3) is 2.00. The van der Waals surface area contributed by atoms with Gasteiger partial charge >= 0.3 is 0 Å². The Balaban J connectivity index is 2.36. The maximum atomic E-state index is 5.42. The molecule has 0 N–H and O–H groups in total. The van der Waals surface area contributed by atoms with Crippen LogP contribution in [0.4, 0.5) is 0 Å². The van der Waals surface area contributed by atoms with Gasteiger partial charge in [0, 0.05) is 11.6 Å². The number of hydrogen-bond donors (Lipinski definition) is 0. The van der Waals surface area contributed by atoms with Crippen LogP contribution in [-0.2, 0) is 0 Å². The number of methoxy groups -OCH3 is 2. The summed E-state index contributed by atoms with van der Waals surface area (Å²) in [6, 6.07) is 6.48. The molecule has 0 spiro atoms. The van der Waals surface area contributed by atoms with Crippen LogP contribution in [0.3, 0.4) is 0 Å². The van der Waals surface area contributed by atoms with E-state index in [1.165, 1.54) is 18.4 Å². The van der Waals surface area contributed by atoms with Gasteiger partial charge in [0.1, 0.15) is 11.5 Å². The van der Waals surface area contributed by atoms with E-state index in [0.717, 1.165) is 18.0 Å². The molecule has 1 aliphatic rings. The zero-order valence-corrected chi connectivity index (χ0v) is 10.2. The Labute approximate surface area is 97.0 Å². The second-order valence-electron chi connectivity index (χ2n) is 4.25. The molecule has 1 heterocycles. The van der Waals surface area contributed by atoms with Gasteiger partial charge in [-0.1, -0.05) is 0 Å². The minimum absolute atomic E-state index is 0.463. The summed E-state index contributed by atoms with van der Waals surface area (Å²) in [6.45, 7) is 1.16. The molecule has 3 nitrogen and oxygen atoms in total. The lowest BCUT2D eigenvalue weighted by Gasteiger charge is -2.22. The molecule has 2 rings (SSSR count). The minimum Gasteiger partial charge on any atom is -0.497 e. The van der Waals surface area contributed by atoms with Crippen LogP contribution >= 0.6 is 0 Å². The SMILES string of the molecule is COc1ccc(OC)c([C@@H]2CCCN2C)c1. The van der Waals surface area contributed by atoms with Gasteiger partial charge in [0.15, 0.2) is 0 Å². The summed E-state index contributed by atoms with van der Waals surface area (Å²) in [5.74, 6) is 1.86. The Morgan fingerprint density at radius 3 is 2.62 bits per heavy atom. The number of benzene rings is 1. The molecule has 88 valence electrons. The summed E-state index contributed by atoms with van der Waals surface area (Å²) < 4.78 is 10.7. The van der Waals surface area contributed by atoms with Gasteiger partial charge in [-0.3, -0.25) is 4.90 Å². The maximum absolute atomic E-state index is 5.42. The van der Waals surface area contributed by atoms with Crippen LogP contribution in [0.25, 0.3) is 0 Å². The van der Waals surface area contributed by atoms with Crippen molar-refractivity contribution in [2.75, 3.05) is 27.8 Å².